The van der Waals surface area contributed by atoms with E-state index in [9.17, 15) is 9.90 Å². The van der Waals surface area contributed by atoms with Crippen LogP contribution in [0.4, 0.5) is 0 Å². The van der Waals surface area contributed by atoms with Crippen LogP contribution in [0.25, 0.3) is 33.1 Å². The lowest BCUT2D eigenvalue weighted by Crippen LogP contribution is -2.02. The maximum Gasteiger partial charge on any atom is 0.336 e. The van der Waals surface area contributed by atoms with E-state index in [0.29, 0.717) is 21.9 Å². The molecule has 0 bridgehead atoms. The second-order valence-corrected chi connectivity index (χ2v) is 8.32. The number of nitrogens with zero attached hydrogens (tertiary/aromatic N) is 2. The fourth-order valence-electron chi connectivity index (χ4n) is 3.94. The monoisotopic (exact) mass is 445 g/mol. The van der Waals surface area contributed by atoms with Crippen molar-refractivity contribution in [2.24, 2.45) is 7.05 Å². The van der Waals surface area contributed by atoms with Gasteiger partial charge in [-0.2, -0.15) is 4.98 Å². The maximum atomic E-state index is 11.5. The van der Waals surface area contributed by atoms with Crippen LogP contribution >= 0.6 is 11.6 Å². The molecule has 32 heavy (non-hydrogen) atoms. The zero-order valence-electron chi connectivity index (χ0n) is 17.7. The van der Waals surface area contributed by atoms with Gasteiger partial charge in [0.05, 0.1) is 21.6 Å². The van der Waals surface area contributed by atoms with Crippen molar-refractivity contribution in [3.63, 3.8) is 0 Å². The minimum Gasteiger partial charge on any atom is -0.478 e. The Bertz CT molecular complexity index is 1530. The van der Waals surface area contributed by atoms with Gasteiger partial charge in [0.15, 0.2) is 0 Å². The standard InChI is InChI=1S/C25H20ClN3O3/c1-13-8-17(10-18(14(13)2)24(30)31)32-25-27-21-11-19(20(26)12-22(21)28-25)15-4-5-23-16(9-15)6-7-29(23)3/h4-12H,1-3H3,(H,27,28)(H,30,31). The Labute approximate surface area is 189 Å². The highest BCUT2D eigenvalue weighted by Crippen LogP contribution is 2.35. The summed E-state index contributed by atoms with van der Waals surface area (Å²) in [5, 5.41) is 11.2. The predicted octanol–water partition coefficient (Wildman–Crippen LogP) is 6.48. The van der Waals surface area contributed by atoms with Crippen LogP contribution in [-0.2, 0) is 7.05 Å². The van der Waals surface area contributed by atoms with Crippen molar-refractivity contribution >= 4 is 39.5 Å². The van der Waals surface area contributed by atoms with Gasteiger partial charge in [-0.1, -0.05) is 17.7 Å². The number of nitrogens with one attached hydrogen (secondary N) is 1. The first kappa shape index (κ1) is 20.2. The number of hydrogen-bond donors (Lipinski definition) is 2. The maximum absolute atomic E-state index is 11.5. The molecule has 2 N–H and O–H groups in total. The number of carboxylic acid groups (broad SMARTS) is 1. The molecule has 0 amide bonds. The first-order valence-corrected chi connectivity index (χ1v) is 10.4. The molecule has 0 aliphatic heterocycles. The first-order valence-electron chi connectivity index (χ1n) is 10.1. The highest BCUT2D eigenvalue weighted by Gasteiger charge is 2.15. The number of carbonyl (C=O) groups is 1. The van der Waals surface area contributed by atoms with E-state index in [-0.39, 0.29) is 11.6 Å². The molecule has 3 aromatic carbocycles. The third kappa shape index (κ3) is 3.39. The third-order valence-corrected chi connectivity index (χ3v) is 6.14. The Morgan fingerprint density at radius 1 is 1.12 bits per heavy atom. The average molecular weight is 446 g/mol. The second-order valence-electron chi connectivity index (χ2n) is 7.91. The lowest BCUT2D eigenvalue weighted by molar-refractivity contribution is 0.0695. The van der Waals surface area contributed by atoms with Crippen LogP contribution in [0.15, 0.2) is 54.7 Å². The van der Waals surface area contributed by atoms with Crippen molar-refractivity contribution in [2.75, 3.05) is 0 Å². The number of aromatic amines is 1. The van der Waals surface area contributed by atoms with E-state index in [0.717, 1.165) is 33.1 Å². The molecule has 5 aromatic rings. The van der Waals surface area contributed by atoms with Gasteiger partial charge in [-0.25, -0.2) is 4.79 Å². The van der Waals surface area contributed by atoms with Crippen molar-refractivity contribution in [3.8, 4) is 22.9 Å². The smallest absolute Gasteiger partial charge is 0.336 e. The van der Waals surface area contributed by atoms with Gasteiger partial charge >= 0.3 is 5.97 Å². The summed E-state index contributed by atoms with van der Waals surface area (Å²) in [5.41, 5.74) is 6.21. The summed E-state index contributed by atoms with van der Waals surface area (Å²) in [6.07, 6.45) is 2.03. The number of carboxylic acids is 1. The van der Waals surface area contributed by atoms with Gasteiger partial charge in [0.2, 0.25) is 0 Å². The molecule has 7 heteroatoms. The molecule has 5 rings (SSSR count). The number of fused-ring (bicyclic) bond motifs is 2. The SMILES string of the molecule is Cc1cc(Oc2nc3cc(-c4ccc5c(ccn5C)c4)c(Cl)cc3[nH]2)cc(C(=O)O)c1C. The number of imidazole rings is 1. The van der Waals surface area contributed by atoms with Gasteiger partial charge in [-0.3, -0.25) is 0 Å². The lowest BCUT2D eigenvalue weighted by Gasteiger charge is -2.08. The van der Waals surface area contributed by atoms with Gasteiger partial charge in [-0.15, -0.1) is 0 Å². The van der Waals surface area contributed by atoms with Gasteiger partial charge in [-0.05, 0) is 73.0 Å². The van der Waals surface area contributed by atoms with E-state index in [1.165, 1.54) is 6.07 Å². The molecule has 0 spiro atoms. The number of aryl methyl sites for hydroxylation is 2. The molecule has 160 valence electrons. The molecule has 0 aliphatic rings. The van der Waals surface area contributed by atoms with E-state index in [4.69, 9.17) is 16.3 Å². The summed E-state index contributed by atoms with van der Waals surface area (Å²) in [6, 6.07) is 15.6. The van der Waals surface area contributed by atoms with Crippen molar-refractivity contribution < 1.29 is 14.6 Å². The fraction of sp³-hybridized carbons (Fsp3) is 0.120. The summed E-state index contributed by atoms with van der Waals surface area (Å²) in [6.45, 7) is 3.63. The van der Waals surface area contributed by atoms with E-state index < -0.39 is 5.97 Å². The average Bonchev–Trinajstić information content (AvgIpc) is 3.31. The lowest BCUT2D eigenvalue weighted by atomic mass is 10.0. The summed E-state index contributed by atoms with van der Waals surface area (Å²) in [5.74, 6) is -0.585. The largest absolute Gasteiger partial charge is 0.478 e. The zero-order chi connectivity index (χ0) is 22.6. The summed E-state index contributed by atoms with van der Waals surface area (Å²) in [7, 11) is 2.02. The number of aromatic carboxylic acids is 1. The Kier molecular flexibility index (Phi) is 4.68. The van der Waals surface area contributed by atoms with Gasteiger partial charge in [0, 0.05) is 29.7 Å². The van der Waals surface area contributed by atoms with Crippen LogP contribution in [0.3, 0.4) is 0 Å². The van der Waals surface area contributed by atoms with E-state index in [1.807, 2.05) is 38.4 Å². The Hall–Kier alpha value is -3.77. The van der Waals surface area contributed by atoms with Gasteiger partial charge < -0.3 is 19.4 Å². The Balaban J connectivity index is 1.53. The molecule has 0 aliphatic carbocycles. The van der Waals surface area contributed by atoms with Crippen LogP contribution in [-0.4, -0.2) is 25.6 Å². The summed E-state index contributed by atoms with van der Waals surface area (Å²) >= 11 is 6.60. The number of aromatic nitrogens is 3. The zero-order valence-corrected chi connectivity index (χ0v) is 18.5. The van der Waals surface area contributed by atoms with Crippen molar-refractivity contribution in [2.45, 2.75) is 13.8 Å². The van der Waals surface area contributed by atoms with Crippen LogP contribution in [0.5, 0.6) is 11.8 Å². The second kappa shape index (κ2) is 7.43. The molecular formula is C25H20ClN3O3. The van der Waals surface area contributed by atoms with Crippen molar-refractivity contribution in [1.29, 1.82) is 0 Å². The number of H-pyrrole nitrogens is 1. The number of rotatable bonds is 4. The highest BCUT2D eigenvalue weighted by molar-refractivity contribution is 6.34. The van der Waals surface area contributed by atoms with E-state index >= 15 is 0 Å². The minimum absolute atomic E-state index is 0.206. The molecule has 0 atom stereocenters. The van der Waals surface area contributed by atoms with Gasteiger partial charge in [0.1, 0.15) is 5.75 Å². The highest BCUT2D eigenvalue weighted by atomic mass is 35.5. The topological polar surface area (TPSA) is 80.1 Å². The fourth-order valence-corrected chi connectivity index (χ4v) is 4.22. The summed E-state index contributed by atoms with van der Waals surface area (Å²) < 4.78 is 7.93. The van der Waals surface area contributed by atoms with Crippen LogP contribution in [0, 0.1) is 13.8 Å². The first-order chi connectivity index (χ1) is 15.3. The van der Waals surface area contributed by atoms with E-state index in [1.54, 1.807) is 13.0 Å². The third-order valence-electron chi connectivity index (χ3n) is 5.83. The molecule has 0 unspecified atom stereocenters. The quantitative estimate of drug-likeness (QED) is 0.331. The Morgan fingerprint density at radius 3 is 2.72 bits per heavy atom. The van der Waals surface area contributed by atoms with Crippen molar-refractivity contribution in [3.05, 3.63) is 76.4 Å². The van der Waals surface area contributed by atoms with Crippen molar-refractivity contribution in [1.82, 2.24) is 14.5 Å². The molecule has 2 aromatic heterocycles. The minimum atomic E-state index is -0.993. The molecule has 2 heterocycles. The molecule has 6 nitrogen and oxygen atoms in total. The molecule has 0 saturated carbocycles. The number of hydrogen-bond acceptors (Lipinski definition) is 3. The summed E-state index contributed by atoms with van der Waals surface area (Å²) in [4.78, 5) is 19.2. The van der Waals surface area contributed by atoms with Gasteiger partial charge in [0.25, 0.3) is 6.01 Å². The van der Waals surface area contributed by atoms with Crippen LogP contribution in [0.2, 0.25) is 5.02 Å². The van der Waals surface area contributed by atoms with Crippen LogP contribution in [0.1, 0.15) is 21.5 Å². The van der Waals surface area contributed by atoms with E-state index in [2.05, 4.69) is 32.7 Å². The molecule has 0 saturated heterocycles. The van der Waals surface area contributed by atoms with Crippen LogP contribution < -0.4 is 4.74 Å². The molecule has 0 fully saturated rings. The molecule has 0 radical (unpaired) electrons. The number of benzene rings is 3. The normalized spacial score (nSPS) is 11.4. The number of ether oxygens (including phenoxy) is 1. The Morgan fingerprint density at radius 2 is 1.94 bits per heavy atom. The predicted molar refractivity (Wildman–Crippen MR) is 126 cm³/mol. The molecular weight excluding hydrogens is 426 g/mol. The number of halogens is 1.